The molecule has 1 amide bonds. The van der Waals surface area contributed by atoms with Gasteiger partial charge in [0.05, 0.1) is 11.3 Å². The Balaban J connectivity index is 1.53. The van der Waals surface area contributed by atoms with E-state index in [1.165, 1.54) is 24.2 Å². The molecule has 5 heteroatoms. The van der Waals surface area contributed by atoms with Crippen LogP contribution < -0.4 is 10.1 Å². The van der Waals surface area contributed by atoms with Crippen molar-refractivity contribution >= 4 is 22.4 Å². The molecular weight excluding hydrogens is 320 g/mol. The minimum atomic E-state index is -0.210. The van der Waals surface area contributed by atoms with Gasteiger partial charge in [-0.15, -0.1) is 11.3 Å². The number of para-hydroxylation sites is 2. The van der Waals surface area contributed by atoms with Crippen molar-refractivity contribution in [3.63, 3.8) is 0 Å². The van der Waals surface area contributed by atoms with Crippen LogP contribution in [-0.2, 0) is 0 Å². The number of hydrogen-bond donors (Lipinski definition) is 1. The van der Waals surface area contributed by atoms with Crippen LogP contribution in [0.25, 0.3) is 0 Å². The van der Waals surface area contributed by atoms with Gasteiger partial charge >= 0.3 is 0 Å². The van der Waals surface area contributed by atoms with Gasteiger partial charge in [-0.3, -0.25) is 10.1 Å². The molecule has 1 fully saturated rings. The molecule has 1 saturated carbocycles. The molecular formula is C19H16N2O2S. The molecule has 2 aromatic carbocycles. The van der Waals surface area contributed by atoms with Crippen LogP contribution in [0.5, 0.6) is 11.5 Å². The highest BCUT2D eigenvalue weighted by Crippen LogP contribution is 2.41. The monoisotopic (exact) mass is 336 g/mol. The number of aromatic nitrogens is 1. The molecule has 0 saturated heterocycles. The first-order valence-corrected chi connectivity index (χ1v) is 8.76. The van der Waals surface area contributed by atoms with Crippen LogP contribution in [-0.4, -0.2) is 10.9 Å². The van der Waals surface area contributed by atoms with Gasteiger partial charge in [-0.25, -0.2) is 4.98 Å². The number of carbonyl (C=O) groups is 1. The quantitative estimate of drug-likeness (QED) is 0.708. The van der Waals surface area contributed by atoms with Crippen LogP contribution in [0.4, 0.5) is 5.13 Å². The summed E-state index contributed by atoms with van der Waals surface area (Å²) in [6.07, 6.45) is 2.40. The summed E-state index contributed by atoms with van der Waals surface area (Å²) in [5.41, 5.74) is 1.58. The Morgan fingerprint density at radius 1 is 1.08 bits per heavy atom. The number of benzene rings is 2. The van der Waals surface area contributed by atoms with E-state index in [1.807, 2.05) is 47.8 Å². The SMILES string of the molecule is O=C(Nc1nc(C2CC2)cs1)c1ccccc1Oc1ccccc1. The normalized spacial score (nSPS) is 13.5. The first-order chi connectivity index (χ1) is 11.8. The summed E-state index contributed by atoms with van der Waals surface area (Å²) in [7, 11) is 0. The number of nitrogens with one attached hydrogen (secondary N) is 1. The maximum Gasteiger partial charge on any atom is 0.261 e. The van der Waals surface area contributed by atoms with E-state index in [4.69, 9.17) is 4.74 Å². The average molecular weight is 336 g/mol. The van der Waals surface area contributed by atoms with Crippen LogP contribution in [0, 0.1) is 0 Å². The van der Waals surface area contributed by atoms with Crippen molar-refractivity contribution in [2.45, 2.75) is 18.8 Å². The molecule has 0 aliphatic heterocycles. The van der Waals surface area contributed by atoms with E-state index in [0.29, 0.717) is 28.1 Å². The summed E-state index contributed by atoms with van der Waals surface area (Å²) in [5.74, 6) is 1.60. The fourth-order valence-corrected chi connectivity index (χ4v) is 3.22. The number of nitrogens with zero attached hydrogens (tertiary/aromatic N) is 1. The van der Waals surface area contributed by atoms with E-state index < -0.39 is 0 Å². The van der Waals surface area contributed by atoms with E-state index in [9.17, 15) is 4.79 Å². The molecule has 3 aromatic rings. The molecule has 1 N–H and O–H groups in total. The molecule has 24 heavy (non-hydrogen) atoms. The van der Waals surface area contributed by atoms with Crippen molar-refractivity contribution in [2.24, 2.45) is 0 Å². The molecule has 0 radical (unpaired) electrons. The molecule has 120 valence electrons. The maximum atomic E-state index is 12.6. The van der Waals surface area contributed by atoms with Crippen LogP contribution >= 0.6 is 11.3 Å². The summed E-state index contributed by atoms with van der Waals surface area (Å²) < 4.78 is 5.84. The lowest BCUT2D eigenvalue weighted by Gasteiger charge is -2.10. The minimum Gasteiger partial charge on any atom is -0.457 e. The predicted molar refractivity (Wildman–Crippen MR) is 95.0 cm³/mol. The number of rotatable bonds is 5. The Morgan fingerprint density at radius 3 is 2.62 bits per heavy atom. The van der Waals surface area contributed by atoms with E-state index >= 15 is 0 Å². The number of thiazole rings is 1. The number of carbonyl (C=O) groups excluding carboxylic acids is 1. The summed E-state index contributed by atoms with van der Waals surface area (Å²) in [5, 5.41) is 5.54. The van der Waals surface area contributed by atoms with Gasteiger partial charge < -0.3 is 4.74 Å². The highest BCUT2D eigenvalue weighted by molar-refractivity contribution is 7.14. The Morgan fingerprint density at radius 2 is 1.83 bits per heavy atom. The second kappa shape index (κ2) is 6.45. The maximum absolute atomic E-state index is 12.6. The second-order valence-electron chi connectivity index (χ2n) is 5.72. The number of amides is 1. The van der Waals surface area contributed by atoms with Crippen molar-refractivity contribution in [3.8, 4) is 11.5 Å². The largest absolute Gasteiger partial charge is 0.457 e. The Bertz CT molecular complexity index is 857. The van der Waals surface area contributed by atoms with Gasteiger partial charge in [-0.05, 0) is 37.1 Å². The molecule has 1 heterocycles. The van der Waals surface area contributed by atoms with Crippen LogP contribution in [0.3, 0.4) is 0 Å². The van der Waals surface area contributed by atoms with Gasteiger partial charge in [0.2, 0.25) is 0 Å². The molecule has 1 aromatic heterocycles. The first kappa shape index (κ1) is 14.9. The topological polar surface area (TPSA) is 51.2 Å². The van der Waals surface area contributed by atoms with E-state index in [1.54, 1.807) is 12.1 Å². The summed E-state index contributed by atoms with van der Waals surface area (Å²) in [6.45, 7) is 0. The van der Waals surface area contributed by atoms with Gasteiger partial charge in [0.1, 0.15) is 11.5 Å². The fourth-order valence-electron chi connectivity index (χ4n) is 2.43. The Hall–Kier alpha value is -2.66. The molecule has 4 rings (SSSR count). The lowest BCUT2D eigenvalue weighted by atomic mass is 10.2. The van der Waals surface area contributed by atoms with Crippen molar-refractivity contribution < 1.29 is 9.53 Å². The summed E-state index contributed by atoms with van der Waals surface area (Å²) in [4.78, 5) is 17.1. The number of anilines is 1. The van der Waals surface area contributed by atoms with Gasteiger partial charge in [-0.1, -0.05) is 30.3 Å². The minimum absolute atomic E-state index is 0.210. The van der Waals surface area contributed by atoms with Crippen LogP contribution in [0.2, 0.25) is 0 Å². The average Bonchev–Trinajstić information content (AvgIpc) is 3.36. The van der Waals surface area contributed by atoms with Gasteiger partial charge in [-0.2, -0.15) is 0 Å². The molecule has 0 bridgehead atoms. The first-order valence-electron chi connectivity index (χ1n) is 7.88. The van der Waals surface area contributed by atoms with E-state index in [-0.39, 0.29) is 5.91 Å². The summed E-state index contributed by atoms with van der Waals surface area (Å²) >= 11 is 1.47. The molecule has 0 unspecified atom stereocenters. The lowest BCUT2D eigenvalue weighted by Crippen LogP contribution is -2.12. The smallest absolute Gasteiger partial charge is 0.261 e. The van der Waals surface area contributed by atoms with Crippen molar-refractivity contribution in [2.75, 3.05) is 5.32 Å². The standard InChI is InChI=1S/C19H16N2O2S/c22-18(21-19-20-16(12-24-19)13-10-11-13)15-8-4-5-9-17(15)23-14-6-2-1-3-7-14/h1-9,12-13H,10-11H2,(H,20,21,22). The third-order valence-corrected chi connectivity index (χ3v) is 4.62. The molecule has 1 aliphatic rings. The Labute approximate surface area is 144 Å². The van der Waals surface area contributed by atoms with E-state index in [2.05, 4.69) is 10.3 Å². The number of ether oxygens (including phenoxy) is 1. The highest BCUT2D eigenvalue weighted by Gasteiger charge is 2.26. The third kappa shape index (κ3) is 3.31. The highest BCUT2D eigenvalue weighted by atomic mass is 32.1. The summed E-state index contributed by atoms with van der Waals surface area (Å²) in [6, 6.07) is 16.6. The van der Waals surface area contributed by atoms with Gasteiger partial charge in [0.25, 0.3) is 5.91 Å². The molecule has 0 atom stereocenters. The van der Waals surface area contributed by atoms with Crippen molar-refractivity contribution in [1.29, 1.82) is 0 Å². The van der Waals surface area contributed by atoms with Gasteiger partial charge in [0.15, 0.2) is 5.13 Å². The third-order valence-electron chi connectivity index (χ3n) is 3.84. The fraction of sp³-hybridized carbons (Fsp3) is 0.158. The van der Waals surface area contributed by atoms with Gasteiger partial charge in [0, 0.05) is 11.3 Å². The van der Waals surface area contributed by atoms with Crippen LogP contribution in [0.15, 0.2) is 60.0 Å². The molecule has 4 nitrogen and oxygen atoms in total. The zero-order valence-corrected chi connectivity index (χ0v) is 13.8. The van der Waals surface area contributed by atoms with Crippen molar-refractivity contribution in [3.05, 3.63) is 71.2 Å². The molecule has 1 aliphatic carbocycles. The number of hydrogen-bond acceptors (Lipinski definition) is 4. The Kier molecular flexibility index (Phi) is 4.01. The van der Waals surface area contributed by atoms with E-state index in [0.717, 1.165) is 5.69 Å². The molecule has 0 spiro atoms. The second-order valence-corrected chi connectivity index (χ2v) is 6.58. The zero-order valence-electron chi connectivity index (χ0n) is 12.9. The van der Waals surface area contributed by atoms with Crippen molar-refractivity contribution in [1.82, 2.24) is 4.98 Å². The lowest BCUT2D eigenvalue weighted by molar-refractivity contribution is 0.102. The predicted octanol–water partition coefficient (Wildman–Crippen LogP) is 5.07. The zero-order chi connectivity index (χ0) is 16.4. The van der Waals surface area contributed by atoms with Crippen LogP contribution in [0.1, 0.15) is 34.8 Å².